The van der Waals surface area contributed by atoms with Gasteiger partial charge in [0, 0.05) is 23.8 Å². The maximum atomic E-state index is 4.34. The van der Waals surface area contributed by atoms with E-state index in [0.29, 0.717) is 12.0 Å². The molecule has 0 aliphatic heterocycles. The van der Waals surface area contributed by atoms with Gasteiger partial charge in [-0.1, -0.05) is 51.8 Å². The minimum absolute atomic E-state index is 0.433. The Labute approximate surface area is 129 Å². The third kappa shape index (κ3) is 3.82. The van der Waals surface area contributed by atoms with Crippen molar-refractivity contribution in [3.63, 3.8) is 0 Å². The van der Waals surface area contributed by atoms with Crippen LogP contribution in [0.2, 0.25) is 0 Å². The van der Waals surface area contributed by atoms with Gasteiger partial charge in [-0.15, -0.1) is 0 Å². The molecule has 0 radical (unpaired) electrons. The van der Waals surface area contributed by atoms with E-state index >= 15 is 0 Å². The van der Waals surface area contributed by atoms with Crippen LogP contribution in [0.25, 0.3) is 10.8 Å². The maximum absolute atomic E-state index is 4.34. The Balaban J connectivity index is 2.43. The van der Waals surface area contributed by atoms with E-state index in [4.69, 9.17) is 0 Å². The second kappa shape index (κ2) is 8.14. The van der Waals surface area contributed by atoms with Crippen molar-refractivity contribution in [3.8, 4) is 0 Å². The van der Waals surface area contributed by atoms with E-state index in [2.05, 4.69) is 55.3 Å². The highest BCUT2D eigenvalue weighted by Crippen LogP contribution is 2.33. The van der Waals surface area contributed by atoms with E-state index < -0.39 is 0 Å². The van der Waals surface area contributed by atoms with Gasteiger partial charge in [0.05, 0.1) is 0 Å². The molecule has 2 nitrogen and oxygen atoms in total. The van der Waals surface area contributed by atoms with Crippen molar-refractivity contribution in [3.05, 3.63) is 42.2 Å². The van der Waals surface area contributed by atoms with Crippen LogP contribution in [0, 0.1) is 5.92 Å². The highest BCUT2D eigenvalue weighted by Gasteiger charge is 2.22. The molecule has 1 unspecified atom stereocenters. The molecule has 1 heterocycles. The van der Waals surface area contributed by atoms with Crippen LogP contribution >= 0.6 is 0 Å². The summed E-state index contributed by atoms with van der Waals surface area (Å²) in [7, 11) is 0. The second-order valence-electron chi connectivity index (χ2n) is 5.82. The molecule has 2 aromatic rings. The van der Waals surface area contributed by atoms with Crippen molar-refractivity contribution in [1.29, 1.82) is 0 Å². The molecule has 114 valence electrons. The molecule has 0 fully saturated rings. The number of fused-ring (bicyclic) bond motifs is 1. The molecule has 1 aromatic carbocycles. The van der Waals surface area contributed by atoms with E-state index in [0.717, 1.165) is 6.54 Å². The van der Waals surface area contributed by atoms with Crippen molar-refractivity contribution in [2.45, 2.75) is 52.5 Å². The predicted octanol–water partition coefficient (Wildman–Crippen LogP) is 5.10. The van der Waals surface area contributed by atoms with Gasteiger partial charge in [-0.3, -0.25) is 4.98 Å². The Morgan fingerprint density at radius 1 is 1.05 bits per heavy atom. The van der Waals surface area contributed by atoms with Crippen molar-refractivity contribution in [1.82, 2.24) is 10.3 Å². The number of hydrogen-bond donors (Lipinski definition) is 1. The smallest absolute Gasteiger partial charge is 0.0355 e. The van der Waals surface area contributed by atoms with Crippen molar-refractivity contribution in [2.24, 2.45) is 5.92 Å². The first-order chi connectivity index (χ1) is 10.3. The van der Waals surface area contributed by atoms with Gasteiger partial charge < -0.3 is 5.32 Å². The molecule has 1 aromatic heterocycles. The number of aromatic nitrogens is 1. The predicted molar refractivity (Wildman–Crippen MR) is 91.5 cm³/mol. The Hall–Kier alpha value is -1.41. The summed E-state index contributed by atoms with van der Waals surface area (Å²) < 4.78 is 0. The molecule has 0 bridgehead atoms. The lowest BCUT2D eigenvalue weighted by atomic mass is 9.84. The quantitative estimate of drug-likeness (QED) is 0.729. The zero-order chi connectivity index (χ0) is 15.1. The molecule has 0 aliphatic carbocycles. The van der Waals surface area contributed by atoms with Gasteiger partial charge in [-0.05, 0) is 42.3 Å². The van der Waals surface area contributed by atoms with Crippen molar-refractivity contribution < 1.29 is 0 Å². The first-order valence-electron chi connectivity index (χ1n) is 8.37. The van der Waals surface area contributed by atoms with Crippen molar-refractivity contribution >= 4 is 10.8 Å². The summed E-state index contributed by atoms with van der Waals surface area (Å²) in [5, 5.41) is 6.32. The molecule has 2 heteroatoms. The van der Waals surface area contributed by atoms with E-state index in [1.807, 2.05) is 12.4 Å². The molecule has 1 N–H and O–H groups in total. The third-order valence-electron chi connectivity index (χ3n) is 4.27. The normalized spacial score (nSPS) is 13.0. The van der Waals surface area contributed by atoms with Crippen LogP contribution in [0.3, 0.4) is 0 Å². The minimum Gasteiger partial charge on any atom is -0.310 e. The first-order valence-corrected chi connectivity index (χ1v) is 8.37. The van der Waals surface area contributed by atoms with Crippen molar-refractivity contribution in [2.75, 3.05) is 6.54 Å². The number of hydrogen-bond acceptors (Lipinski definition) is 2. The first kappa shape index (κ1) is 16.0. The minimum atomic E-state index is 0.433. The Morgan fingerprint density at radius 2 is 1.81 bits per heavy atom. The molecule has 0 aliphatic rings. The summed E-state index contributed by atoms with van der Waals surface area (Å²) in [4.78, 5) is 4.34. The molecule has 2 rings (SSSR count). The number of pyridine rings is 1. The third-order valence-corrected chi connectivity index (χ3v) is 4.27. The van der Waals surface area contributed by atoms with E-state index in [1.165, 1.54) is 42.0 Å². The topological polar surface area (TPSA) is 24.9 Å². The molecule has 0 saturated carbocycles. The monoisotopic (exact) mass is 284 g/mol. The molecule has 0 spiro atoms. The van der Waals surface area contributed by atoms with E-state index in [1.54, 1.807) is 0 Å². The summed E-state index contributed by atoms with van der Waals surface area (Å²) in [5.74, 6) is 0.700. The van der Waals surface area contributed by atoms with Crippen LogP contribution in [0.5, 0.6) is 0 Å². The van der Waals surface area contributed by atoms with Gasteiger partial charge in [0.1, 0.15) is 0 Å². The van der Waals surface area contributed by atoms with Gasteiger partial charge in [-0.25, -0.2) is 0 Å². The summed E-state index contributed by atoms with van der Waals surface area (Å²) in [6, 6.07) is 9.17. The molecule has 0 saturated heterocycles. The summed E-state index contributed by atoms with van der Waals surface area (Å²) in [6.07, 6.45) is 8.95. The second-order valence-corrected chi connectivity index (χ2v) is 5.82. The van der Waals surface area contributed by atoms with Gasteiger partial charge in [0.25, 0.3) is 0 Å². The van der Waals surface area contributed by atoms with Crippen LogP contribution < -0.4 is 5.32 Å². The summed E-state index contributed by atoms with van der Waals surface area (Å²) >= 11 is 0. The molecule has 1 atom stereocenters. The Kier molecular flexibility index (Phi) is 6.19. The molecule has 21 heavy (non-hydrogen) atoms. The number of rotatable bonds is 8. The van der Waals surface area contributed by atoms with Crippen LogP contribution in [-0.4, -0.2) is 11.5 Å². The van der Waals surface area contributed by atoms with Crippen LogP contribution in [-0.2, 0) is 0 Å². The van der Waals surface area contributed by atoms with Gasteiger partial charge in [-0.2, -0.15) is 0 Å². The van der Waals surface area contributed by atoms with E-state index in [-0.39, 0.29) is 0 Å². The fourth-order valence-corrected chi connectivity index (χ4v) is 3.38. The highest BCUT2D eigenvalue weighted by molar-refractivity contribution is 5.85. The Morgan fingerprint density at radius 3 is 2.48 bits per heavy atom. The Bertz CT molecular complexity index is 539. The van der Waals surface area contributed by atoms with Crippen LogP contribution in [0.1, 0.15) is 58.1 Å². The SMILES string of the molecule is CCCC(CCC)C(NCC)c1cccc2ccncc12. The van der Waals surface area contributed by atoms with Gasteiger partial charge >= 0.3 is 0 Å². The molecular formula is C19H28N2. The fraction of sp³-hybridized carbons (Fsp3) is 0.526. The van der Waals surface area contributed by atoms with Gasteiger partial charge in [0.2, 0.25) is 0 Å². The standard InChI is InChI=1S/C19H28N2/c1-4-8-16(9-5-2)19(21-6-3)17-11-7-10-15-12-13-20-14-18(15)17/h7,10-14,16,19,21H,4-6,8-9H2,1-3H3. The zero-order valence-electron chi connectivity index (χ0n) is 13.6. The number of benzene rings is 1. The average molecular weight is 284 g/mol. The van der Waals surface area contributed by atoms with Crippen LogP contribution in [0.15, 0.2) is 36.7 Å². The lowest BCUT2D eigenvalue weighted by Crippen LogP contribution is -2.28. The average Bonchev–Trinajstić information content (AvgIpc) is 2.52. The summed E-state index contributed by atoms with van der Waals surface area (Å²) in [6.45, 7) is 7.78. The fourth-order valence-electron chi connectivity index (χ4n) is 3.38. The number of nitrogens with zero attached hydrogens (tertiary/aromatic N) is 1. The molecular weight excluding hydrogens is 256 g/mol. The molecule has 0 amide bonds. The maximum Gasteiger partial charge on any atom is 0.0355 e. The largest absolute Gasteiger partial charge is 0.310 e. The lowest BCUT2D eigenvalue weighted by molar-refractivity contribution is 0.322. The van der Waals surface area contributed by atoms with Crippen LogP contribution in [0.4, 0.5) is 0 Å². The lowest BCUT2D eigenvalue weighted by Gasteiger charge is -2.29. The summed E-state index contributed by atoms with van der Waals surface area (Å²) in [5.41, 5.74) is 1.41. The zero-order valence-corrected chi connectivity index (χ0v) is 13.6. The number of nitrogens with one attached hydrogen (secondary N) is 1. The van der Waals surface area contributed by atoms with E-state index in [9.17, 15) is 0 Å². The highest BCUT2D eigenvalue weighted by atomic mass is 14.9. The van der Waals surface area contributed by atoms with Gasteiger partial charge in [0.15, 0.2) is 0 Å².